The predicted molar refractivity (Wildman–Crippen MR) is 106 cm³/mol. The molecule has 0 saturated heterocycles. The highest BCUT2D eigenvalue weighted by atomic mass is 16.5. The minimum absolute atomic E-state index is 0.441. The molecule has 0 radical (unpaired) electrons. The van der Waals surface area contributed by atoms with Crippen molar-refractivity contribution >= 4 is 23.7 Å². The second-order valence-electron chi connectivity index (χ2n) is 5.79. The Bertz CT molecular complexity index is 849. The Balaban J connectivity index is 1.92. The van der Waals surface area contributed by atoms with E-state index in [-0.39, 0.29) is 0 Å². The Kier molecular flexibility index (Phi) is 7.38. The lowest BCUT2D eigenvalue weighted by molar-refractivity contribution is -0.131. The maximum Gasteiger partial charge on any atom is 0.252 e. The number of carbonyl (C=O) groups excluding carboxylic acids is 2. The van der Waals surface area contributed by atoms with Gasteiger partial charge in [-0.05, 0) is 55.0 Å². The average Bonchev–Trinajstić information content (AvgIpc) is 2.73. The Morgan fingerprint density at radius 3 is 2.21 bits per heavy atom. The Morgan fingerprint density at radius 1 is 0.929 bits per heavy atom. The van der Waals surface area contributed by atoms with Crippen LogP contribution in [0.1, 0.15) is 12.5 Å². The van der Waals surface area contributed by atoms with E-state index in [9.17, 15) is 9.59 Å². The lowest BCUT2D eigenvalue weighted by atomic mass is 10.1. The van der Waals surface area contributed by atoms with Crippen molar-refractivity contribution in [2.24, 2.45) is 11.0 Å². The van der Waals surface area contributed by atoms with Crippen molar-refractivity contribution in [2.75, 3.05) is 26.6 Å². The summed E-state index contributed by atoms with van der Waals surface area (Å²) >= 11 is 0. The average molecular weight is 385 g/mol. The Labute approximate surface area is 163 Å². The molecule has 2 rings (SSSR count). The van der Waals surface area contributed by atoms with Gasteiger partial charge in [-0.3, -0.25) is 9.59 Å². The summed E-state index contributed by atoms with van der Waals surface area (Å²) in [4.78, 5) is 24.3. The standard InChI is InChI=1S/C20H23N3O5/c1-13(19(24)22-15-6-8-16(26-2)9-7-15)20(25)23-21-12-14-5-10-17(27-3)18(11-14)28-4/h5-13H,1-4H3,(H,22,24)(H,23,25). The van der Waals surface area contributed by atoms with Gasteiger partial charge < -0.3 is 19.5 Å². The fraction of sp³-hybridized carbons (Fsp3) is 0.250. The van der Waals surface area contributed by atoms with Crippen molar-refractivity contribution in [3.05, 3.63) is 48.0 Å². The van der Waals surface area contributed by atoms with E-state index in [1.807, 2.05) is 0 Å². The molecule has 1 atom stereocenters. The number of benzene rings is 2. The van der Waals surface area contributed by atoms with E-state index in [2.05, 4.69) is 15.8 Å². The van der Waals surface area contributed by atoms with Crippen LogP contribution in [0.4, 0.5) is 5.69 Å². The number of carbonyl (C=O) groups is 2. The molecule has 2 N–H and O–H groups in total. The van der Waals surface area contributed by atoms with Gasteiger partial charge in [0.15, 0.2) is 11.5 Å². The van der Waals surface area contributed by atoms with Crippen LogP contribution in [-0.4, -0.2) is 39.4 Å². The third kappa shape index (κ3) is 5.47. The van der Waals surface area contributed by atoms with E-state index >= 15 is 0 Å². The van der Waals surface area contributed by atoms with E-state index in [0.29, 0.717) is 28.5 Å². The fourth-order valence-corrected chi connectivity index (χ4v) is 2.24. The monoisotopic (exact) mass is 385 g/mol. The normalized spacial score (nSPS) is 11.6. The molecule has 0 aliphatic carbocycles. The van der Waals surface area contributed by atoms with Crippen molar-refractivity contribution < 1.29 is 23.8 Å². The molecule has 0 saturated carbocycles. The number of nitrogens with zero attached hydrogens (tertiary/aromatic N) is 1. The number of nitrogens with one attached hydrogen (secondary N) is 2. The molecular formula is C20H23N3O5. The van der Waals surface area contributed by atoms with E-state index in [0.717, 1.165) is 0 Å². The number of ether oxygens (including phenoxy) is 3. The van der Waals surface area contributed by atoms with Gasteiger partial charge in [-0.2, -0.15) is 5.10 Å². The summed E-state index contributed by atoms with van der Waals surface area (Å²) < 4.78 is 15.4. The third-order valence-corrected chi connectivity index (χ3v) is 3.94. The first-order chi connectivity index (χ1) is 13.5. The molecule has 0 aliphatic heterocycles. The van der Waals surface area contributed by atoms with E-state index in [4.69, 9.17) is 14.2 Å². The summed E-state index contributed by atoms with van der Waals surface area (Å²) in [5.74, 6) is -0.0813. The second kappa shape index (κ2) is 9.96. The number of hydrazone groups is 1. The number of hydrogen-bond acceptors (Lipinski definition) is 6. The van der Waals surface area contributed by atoms with Crippen LogP contribution in [-0.2, 0) is 9.59 Å². The molecule has 0 spiro atoms. The molecule has 2 aromatic rings. The first-order valence-electron chi connectivity index (χ1n) is 8.48. The summed E-state index contributed by atoms with van der Waals surface area (Å²) in [6.07, 6.45) is 1.45. The first kappa shape index (κ1) is 20.8. The lowest BCUT2D eigenvalue weighted by Crippen LogP contribution is -2.34. The molecule has 1 unspecified atom stereocenters. The number of rotatable bonds is 8. The highest BCUT2D eigenvalue weighted by Crippen LogP contribution is 2.26. The molecule has 148 valence electrons. The van der Waals surface area contributed by atoms with Gasteiger partial charge in [0, 0.05) is 5.69 Å². The van der Waals surface area contributed by atoms with Gasteiger partial charge in [-0.25, -0.2) is 5.43 Å². The van der Waals surface area contributed by atoms with Crippen LogP contribution in [0.3, 0.4) is 0 Å². The molecule has 2 aromatic carbocycles. The molecule has 28 heavy (non-hydrogen) atoms. The smallest absolute Gasteiger partial charge is 0.252 e. The summed E-state index contributed by atoms with van der Waals surface area (Å²) in [5.41, 5.74) is 3.63. The zero-order chi connectivity index (χ0) is 20.5. The minimum atomic E-state index is -0.926. The van der Waals surface area contributed by atoms with Crippen LogP contribution in [0.5, 0.6) is 17.2 Å². The third-order valence-electron chi connectivity index (χ3n) is 3.94. The van der Waals surface area contributed by atoms with Crippen LogP contribution in [0.15, 0.2) is 47.6 Å². The molecule has 0 heterocycles. The topological polar surface area (TPSA) is 98.2 Å². The van der Waals surface area contributed by atoms with E-state index in [1.54, 1.807) is 56.7 Å². The Hall–Kier alpha value is -3.55. The second-order valence-corrected chi connectivity index (χ2v) is 5.79. The molecule has 0 aliphatic rings. The van der Waals surface area contributed by atoms with Crippen LogP contribution < -0.4 is 25.0 Å². The highest BCUT2D eigenvalue weighted by Gasteiger charge is 2.21. The van der Waals surface area contributed by atoms with Crippen LogP contribution in [0.25, 0.3) is 0 Å². The van der Waals surface area contributed by atoms with Gasteiger partial charge in [0.05, 0.1) is 27.5 Å². The van der Waals surface area contributed by atoms with Gasteiger partial charge in [-0.1, -0.05) is 0 Å². The van der Waals surface area contributed by atoms with Crippen LogP contribution in [0.2, 0.25) is 0 Å². The predicted octanol–water partition coefficient (Wildman–Crippen LogP) is 2.44. The number of amides is 2. The SMILES string of the molecule is COc1ccc(NC(=O)C(C)C(=O)NN=Cc2ccc(OC)c(OC)c2)cc1. The maximum atomic E-state index is 12.2. The molecule has 2 amide bonds. The summed E-state index contributed by atoms with van der Waals surface area (Å²) in [6, 6.07) is 12.0. The molecular weight excluding hydrogens is 362 g/mol. The van der Waals surface area contributed by atoms with E-state index in [1.165, 1.54) is 20.2 Å². The fourth-order valence-electron chi connectivity index (χ4n) is 2.24. The van der Waals surface area contributed by atoms with Gasteiger partial charge in [0.1, 0.15) is 11.7 Å². The van der Waals surface area contributed by atoms with Crippen molar-refractivity contribution in [1.29, 1.82) is 0 Å². The summed E-state index contributed by atoms with van der Waals surface area (Å²) in [7, 11) is 4.64. The number of hydrogen-bond donors (Lipinski definition) is 2. The molecule has 0 fully saturated rings. The minimum Gasteiger partial charge on any atom is -0.497 e. The molecule has 8 nitrogen and oxygen atoms in total. The van der Waals surface area contributed by atoms with Crippen molar-refractivity contribution in [2.45, 2.75) is 6.92 Å². The van der Waals surface area contributed by atoms with Gasteiger partial charge in [0.2, 0.25) is 5.91 Å². The van der Waals surface area contributed by atoms with Crippen molar-refractivity contribution in [3.8, 4) is 17.2 Å². The maximum absolute atomic E-state index is 12.2. The van der Waals surface area contributed by atoms with Crippen LogP contribution in [0, 0.1) is 5.92 Å². The van der Waals surface area contributed by atoms with Crippen LogP contribution >= 0.6 is 0 Å². The highest BCUT2D eigenvalue weighted by molar-refractivity contribution is 6.06. The number of methoxy groups -OCH3 is 3. The summed E-state index contributed by atoms with van der Waals surface area (Å²) in [5, 5.41) is 6.56. The van der Waals surface area contributed by atoms with E-state index < -0.39 is 17.7 Å². The van der Waals surface area contributed by atoms with Crippen molar-refractivity contribution in [3.63, 3.8) is 0 Å². The molecule has 8 heteroatoms. The molecule has 0 bridgehead atoms. The van der Waals surface area contributed by atoms with Crippen molar-refractivity contribution in [1.82, 2.24) is 5.43 Å². The number of anilines is 1. The zero-order valence-corrected chi connectivity index (χ0v) is 16.2. The first-order valence-corrected chi connectivity index (χ1v) is 8.48. The van der Waals surface area contributed by atoms with Gasteiger partial charge >= 0.3 is 0 Å². The Morgan fingerprint density at radius 2 is 1.61 bits per heavy atom. The summed E-state index contributed by atoms with van der Waals surface area (Å²) in [6.45, 7) is 1.50. The zero-order valence-electron chi connectivity index (χ0n) is 16.2. The van der Waals surface area contributed by atoms with Gasteiger partial charge in [-0.15, -0.1) is 0 Å². The molecule has 0 aromatic heterocycles. The largest absolute Gasteiger partial charge is 0.497 e. The van der Waals surface area contributed by atoms with Gasteiger partial charge in [0.25, 0.3) is 5.91 Å². The quantitative estimate of drug-likeness (QED) is 0.413. The lowest BCUT2D eigenvalue weighted by Gasteiger charge is -2.11.